The zero-order valence-electron chi connectivity index (χ0n) is 4.39. The van der Waals surface area contributed by atoms with Crippen molar-refractivity contribution in [3.8, 4) is 0 Å². The maximum atomic E-state index is 8.92. The third-order valence-corrected chi connectivity index (χ3v) is 1.89. The number of hydrogen-bond donors (Lipinski definition) is 1. The molecule has 1 N–H and O–H groups in total. The molecule has 0 radical (unpaired) electrons. The highest BCUT2D eigenvalue weighted by Gasteiger charge is 2.01. The lowest BCUT2D eigenvalue weighted by Crippen LogP contribution is -1.85. The Bertz CT molecular complexity index is 147. The fourth-order valence-electron chi connectivity index (χ4n) is 0.624. The van der Waals surface area contributed by atoms with Gasteiger partial charge in [-0.25, -0.2) is 0 Å². The molecule has 0 saturated carbocycles. The van der Waals surface area contributed by atoms with E-state index in [1.807, 2.05) is 6.08 Å². The molecule has 1 aliphatic rings. The van der Waals surface area contributed by atoms with E-state index in [9.17, 15) is 0 Å². The molecule has 0 fully saturated rings. The molecule has 0 aromatic heterocycles. The Morgan fingerprint density at radius 2 is 2.38 bits per heavy atom. The molecule has 0 aromatic carbocycles. The Morgan fingerprint density at radius 3 is 2.75 bits per heavy atom. The number of aliphatic hydroxyl groups is 1. The minimum atomic E-state index is 0.372. The van der Waals surface area contributed by atoms with E-state index in [0.717, 1.165) is 17.3 Å². The van der Waals surface area contributed by atoms with Crippen LogP contribution in [0.5, 0.6) is 0 Å². The topological polar surface area (TPSA) is 20.2 Å². The molecule has 0 aliphatic heterocycles. The van der Waals surface area contributed by atoms with E-state index >= 15 is 0 Å². The minimum absolute atomic E-state index is 0.372. The molecule has 0 aromatic rings. The van der Waals surface area contributed by atoms with Gasteiger partial charge in [0.25, 0.3) is 0 Å². The first-order chi connectivity index (χ1) is 3.80. The van der Waals surface area contributed by atoms with Gasteiger partial charge >= 0.3 is 0 Å². The lowest BCUT2D eigenvalue weighted by Gasteiger charge is -2.02. The molecule has 0 unspecified atom stereocenters. The van der Waals surface area contributed by atoms with Gasteiger partial charge in [0, 0.05) is 4.48 Å². The summed E-state index contributed by atoms with van der Waals surface area (Å²) < 4.78 is 0.917. The lowest BCUT2D eigenvalue weighted by molar-refractivity contribution is 0.425. The summed E-state index contributed by atoms with van der Waals surface area (Å²) in [6.07, 6.45) is 5.64. The summed E-state index contributed by atoms with van der Waals surface area (Å²) in [6, 6.07) is 0. The van der Waals surface area contributed by atoms with Gasteiger partial charge in [0.1, 0.15) is 5.76 Å². The third-order valence-electron chi connectivity index (χ3n) is 1.08. The van der Waals surface area contributed by atoms with E-state index in [0.29, 0.717) is 5.76 Å². The molecule has 0 saturated heterocycles. The van der Waals surface area contributed by atoms with Gasteiger partial charge in [-0.3, -0.25) is 0 Å². The van der Waals surface area contributed by atoms with Crippen LogP contribution in [0.15, 0.2) is 22.4 Å². The highest BCUT2D eigenvalue weighted by Crippen LogP contribution is 2.21. The van der Waals surface area contributed by atoms with Gasteiger partial charge < -0.3 is 5.11 Å². The number of allylic oxidation sites excluding steroid dienone is 3. The highest BCUT2D eigenvalue weighted by molar-refractivity contribution is 9.11. The zero-order chi connectivity index (χ0) is 5.98. The molecule has 44 valence electrons. The number of rotatable bonds is 0. The van der Waals surface area contributed by atoms with Crippen molar-refractivity contribution in [3.63, 3.8) is 0 Å². The zero-order valence-corrected chi connectivity index (χ0v) is 5.98. The first kappa shape index (κ1) is 5.89. The Morgan fingerprint density at radius 1 is 1.62 bits per heavy atom. The fourth-order valence-corrected chi connectivity index (χ4v) is 0.985. The molecular weight excluding hydrogens is 168 g/mol. The van der Waals surface area contributed by atoms with Crippen LogP contribution in [0.1, 0.15) is 12.8 Å². The molecule has 8 heavy (non-hydrogen) atoms. The van der Waals surface area contributed by atoms with Crippen molar-refractivity contribution in [2.24, 2.45) is 0 Å². The van der Waals surface area contributed by atoms with Crippen LogP contribution in [0.3, 0.4) is 0 Å². The van der Waals surface area contributed by atoms with Crippen LogP contribution < -0.4 is 0 Å². The van der Waals surface area contributed by atoms with Crippen LogP contribution in [0, 0.1) is 0 Å². The van der Waals surface area contributed by atoms with Crippen molar-refractivity contribution in [2.45, 2.75) is 12.8 Å². The summed E-state index contributed by atoms with van der Waals surface area (Å²) in [7, 11) is 0. The van der Waals surface area contributed by atoms with Crippen molar-refractivity contribution in [2.75, 3.05) is 0 Å². The van der Waals surface area contributed by atoms with E-state index in [1.165, 1.54) is 0 Å². The average Bonchev–Trinajstić information content (AvgIpc) is 1.77. The molecule has 1 aliphatic carbocycles. The van der Waals surface area contributed by atoms with Gasteiger partial charge in [-0.2, -0.15) is 0 Å². The molecule has 1 nitrogen and oxygen atoms in total. The van der Waals surface area contributed by atoms with Crippen molar-refractivity contribution in [1.82, 2.24) is 0 Å². The van der Waals surface area contributed by atoms with Crippen LogP contribution in [0.2, 0.25) is 0 Å². The Kier molecular flexibility index (Phi) is 1.73. The summed E-state index contributed by atoms with van der Waals surface area (Å²) in [4.78, 5) is 0. The second-order valence-electron chi connectivity index (χ2n) is 1.73. The second-order valence-corrected chi connectivity index (χ2v) is 2.69. The highest BCUT2D eigenvalue weighted by atomic mass is 79.9. The van der Waals surface area contributed by atoms with E-state index in [1.54, 1.807) is 6.08 Å². The van der Waals surface area contributed by atoms with Crippen LogP contribution in [-0.4, -0.2) is 5.11 Å². The molecule has 0 atom stereocenters. The number of aliphatic hydroxyl groups excluding tert-OH is 1. The summed E-state index contributed by atoms with van der Waals surface area (Å²) >= 11 is 3.23. The Labute approximate surface area is 56.8 Å². The van der Waals surface area contributed by atoms with Crippen molar-refractivity contribution < 1.29 is 5.11 Å². The quantitative estimate of drug-likeness (QED) is 0.599. The van der Waals surface area contributed by atoms with E-state index in [-0.39, 0.29) is 0 Å². The number of halogens is 1. The maximum Gasteiger partial charge on any atom is 0.125 e. The van der Waals surface area contributed by atoms with Crippen LogP contribution in [-0.2, 0) is 0 Å². The van der Waals surface area contributed by atoms with Crippen molar-refractivity contribution in [1.29, 1.82) is 0 Å². The van der Waals surface area contributed by atoms with Crippen molar-refractivity contribution in [3.05, 3.63) is 22.4 Å². The fraction of sp³-hybridized carbons (Fsp3) is 0.333. The summed E-state index contributed by atoms with van der Waals surface area (Å²) in [5.41, 5.74) is 0. The van der Waals surface area contributed by atoms with Crippen LogP contribution in [0.25, 0.3) is 0 Å². The van der Waals surface area contributed by atoms with Gasteiger partial charge in [0.05, 0.1) is 0 Å². The predicted molar refractivity (Wildman–Crippen MR) is 37.0 cm³/mol. The molecule has 2 heteroatoms. The molecule has 0 bridgehead atoms. The lowest BCUT2D eigenvalue weighted by atomic mass is 10.2. The SMILES string of the molecule is OC1=C(Br)CCC=C1. The average molecular weight is 175 g/mol. The van der Waals surface area contributed by atoms with Crippen LogP contribution in [0.4, 0.5) is 0 Å². The van der Waals surface area contributed by atoms with Gasteiger partial charge in [-0.15, -0.1) is 0 Å². The van der Waals surface area contributed by atoms with E-state index < -0.39 is 0 Å². The van der Waals surface area contributed by atoms with Gasteiger partial charge in [-0.05, 0) is 18.9 Å². The third kappa shape index (κ3) is 1.13. The van der Waals surface area contributed by atoms with E-state index in [4.69, 9.17) is 5.11 Å². The molecule has 0 spiro atoms. The van der Waals surface area contributed by atoms with Gasteiger partial charge in [0.15, 0.2) is 0 Å². The molecule has 0 heterocycles. The monoisotopic (exact) mass is 174 g/mol. The minimum Gasteiger partial charge on any atom is -0.507 e. The first-order valence-corrected chi connectivity index (χ1v) is 3.34. The largest absolute Gasteiger partial charge is 0.507 e. The molecule has 0 amide bonds. The molecular formula is C6H7BrO. The van der Waals surface area contributed by atoms with E-state index in [2.05, 4.69) is 15.9 Å². The summed E-state index contributed by atoms with van der Waals surface area (Å²) in [5.74, 6) is 0.372. The predicted octanol–water partition coefficient (Wildman–Crippen LogP) is 2.50. The van der Waals surface area contributed by atoms with Crippen molar-refractivity contribution >= 4 is 15.9 Å². The summed E-state index contributed by atoms with van der Waals surface area (Å²) in [6.45, 7) is 0. The Hall–Kier alpha value is -0.240. The van der Waals surface area contributed by atoms with Gasteiger partial charge in [0.2, 0.25) is 0 Å². The Balaban J connectivity index is 2.76. The van der Waals surface area contributed by atoms with Gasteiger partial charge in [-0.1, -0.05) is 22.0 Å². The maximum absolute atomic E-state index is 8.92. The second kappa shape index (κ2) is 2.35. The smallest absolute Gasteiger partial charge is 0.125 e. The number of hydrogen-bond acceptors (Lipinski definition) is 1. The first-order valence-electron chi connectivity index (χ1n) is 2.55. The normalized spacial score (nSPS) is 19.6. The molecule has 1 rings (SSSR count). The summed E-state index contributed by atoms with van der Waals surface area (Å²) in [5, 5.41) is 8.92. The standard InChI is InChI=1S/C6H7BrO/c7-5-3-1-2-4-6(5)8/h2,4,8H,1,3H2. The van der Waals surface area contributed by atoms with Crippen LogP contribution >= 0.6 is 15.9 Å².